The number of hydrogen-bond acceptors (Lipinski definition) is 6. The lowest BCUT2D eigenvalue weighted by Gasteiger charge is -2.34. The maximum atomic E-state index is 13.2. The van der Waals surface area contributed by atoms with Gasteiger partial charge >= 0.3 is 0 Å². The molecule has 2 aromatic carbocycles. The summed E-state index contributed by atoms with van der Waals surface area (Å²) in [6.45, 7) is 4.31. The van der Waals surface area contributed by atoms with Gasteiger partial charge in [0.25, 0.3) is 0 Å². The number of benzene rings is 2. The quantitative estimate of drug-likeness (QED) is 0.457. The maximum Gasteiger partial charge on any atom is 0.243 e. The molecule has 33 heavy (non-hydrogen) atoms. The van der Waals surface area contributed by atoms with Crippen LogP contribution in [0.5, 0.6) is 11.5 Å². The van der Waals surface area contributed by atoms with Crippen LogP contribution in [0.15, 0.2) is 42.5 Å². The Morgan fingerprint density at radius 1 is 1.24 bits per heavy atom. The second kappa shape index (κ2) is 9.43. The van der Waals surface area contributed by atoms with E-state index in [9.17, 15) is 9.90 Å². The Hall–Kier alpha value is -3.07. The summed E-state index contributed by atoms with van der Waals surface area (Å²) in [5.41, 5.74) is 3.11. The molecule has 1 aromatic heterocycles. The van der Waals surface area contributed by atoms with E-state index >= 15 is 0 Å². The van der Waals surface area contributed by atoms with E-state index in [1.807, 2.05) is 32.0 Å². The number of carbonyl (C=O) groups is 1. The number of aromatic nitrogens is 2. The number of rotatable bonds is 7. The summed E-state index contributed by atoms with van der Waals surface area (Å²) in [5.74, 6) is 1.14. The molecule has 9 heteroatoms. The predicted octanol–water partition coefficient (Wildman–Crippen LogP) is 3.52. The minimum atomic E-state index is -1.08. The highest BCUT2D eigenvalue weighted by Gasteiger charge is 2.41. The van der Waals surface area contributed by atoms with Crippen molar-refractivity contribution in [2.45, 2.75) is 32.0 Å². The van der Waals surface area contributed by atoms with E-state index in [0.29, 0.717) is 34.5 Å². The van der Waals surface area contributed by atoms with Crippen molar-refractivity contribution in [1.29, 1.82) is 0 Å². The highest BCUT2D eigenvalue weighted by atomic mass is 35.5. The summed E-state index contributed by atoms with van der Waals surface area (Å²) < 4.78 is 12.9. The van der Waals surface area contributed by atoms with Crippen LogP contribution < -0.4 is 20.1 Å². The van der Waals surface area contributed by atoms with E-state index in [-0.39, 0.29) is 5.91 Å². The fraction of sp³-hybridized carbons (Fsp3) is 0.333. The average molecular weight is 471 g/mol. The Kier molecular flexibility index (Phi) is 6.60. The van der Waals surface area contributed by atoms with Crippen molar-refractivity contribution in [1.82, 2.24) is 15.1 Å². The average Bonchev–Trinajstić information content (AvgIpc) is 3.08. The monoisotopic (exact) mass is 470 g/mol. The minimum absolute atomic E-state index is 0.267. The number of aliphatic hydroxyl groups is 1. The van der Waals surface area contributed by atoms with E-state index in [4.69, 9.17) is 21.1 Å². The molecule has 4 rings (SSSR count). The number of methoxy groups -OCH3 is 1. The zero-order valence-electron chi connectivity index (χ0n) is 18.9. The molecule has 0 aliphatic carbocycles. The fourth-order valence-corrected chi connectivity index (χ4v) is 4.43. The second-order valence-electron chi connectivity index (χ2n) is 7.88. The molecule has 3 atom stereocenters. The molecule has 8 nitrogen and oxygen atoms in total. The van der Waals surface area contributed by atoms with Crippen LogP contribution in [-0.4, -0.2) is 40.6 Å². The van der Waals surface area contributed by atoms with Crippen LogP contribution in [0.2, 0.25) is 5.02 Å². The van der Waals surface area contributed by atoms with Crippen LogP contribution in [0.1, 0.15) is 41.5 Å². The topological polar surface area (TPSA) is 97.6 Å². The van der Waals surface area contributed by atoms with Gasteiger partial charge in [0.2, 0.25) is 5.91 Å². The van der Waals surface area contributed by atoms with Gasteiger partial charge < -0.3 is 19.9 Å². The first-order valence-electron chi connectivity index (χ1n) is 10.7. The summed E-state index contributed by atoms with van der Waals surface area (Å²) in [4.78, 5) is 13.2. The molecule has 0 saturated carbocycles. The first kappa shape index (κ1) is 23.1. The highest BCUT2D eigenvalue weighted by Crippen LogP contribution is 2.42. The Balaban J connectivity index is 1.78. The lowest BCUT2D eigenvalue weighted by Crippen LogP contribution is -2.49. The maximum absolute atomic E-state index is 13.2. The molecular formula is C24H27ClN4O4. The summed E-state index contributed by atoms with van der Waals surface area (Å²) in [7, 11) is 3.37. The first-order chi connectivity index (χ1) is 15.8. The van der Waals surface area contributed by atoms with Gasteiger partial charge in [0.05, 0.1) is 19.4 Å². The molecule has 0 radical (unpaired) electrons. The smallest absolute Gasteiger partial charge is 0.243 e. The Labute approximate surface area is 197 Å². The lowest BCUT2D eigenvalue weighted by molar-refractivity contribution is -0.119. The molecule has 0 fully saturated rings. The molecule has 1 amide bonds. The van der Waals surface area contributed by atoms with Crippen LogP contribution in [0, 0.1) is 6.92 Å². The van der Waals surface area contributed by atoms with Crippen molar-refractivity contribution in [3.05, 3.63) is 69.9 Å². The van der Waals surface area contributed by atoms with Crippen LogP contribution in [-0.2, 0) is 11.8 Å². The highest BCUT2D eigenvalue weighted by molar-refractivity contribution is 6.30. The van der Waals surface area contributed by atoms with E-state index in [1.165, 1.54) is 0 Å². The van der Waals surface area contributed by atoms with Gasteiger partial charge in [0.1, 0.15) is 18.1 Å². The number of hydrogen-bond donors (Lipinski definition) is 3. The van der Waals surface area contributed by atoms with Crippen LogP contribution in [0.3, 0.4) is 0 Å². The van der Waals surface area contributed by atoms with Crippen molar-refractivity contribution in [3.63, 3.8) is 0 Å². The first-order valence-corrected chi connectivity index (χ1v) is 11.1. The molecule has 174 valence electrons. The number of ether oxygens (including phenoxy) is 2. The molecule has 1 aliphatic rings. The zero-order valence-corrected chi connectivity index (χ0v) is 19.7. The van der Waals surface area contributed by atoms with Crippen LogP contribution in [0.4, 0.5) is 5.82 Å². The van der Waals surface area contributed by atoms with Crippen molar-refractivity contribution >= 4 is 23.3 Å². The zero-order chi connectivity index (χ0) is 23.7. The number of anilines is 1. The number of aliphatic hydroxyl groups excluding tert-OH is 1. The molecule has 3 N–H and O–H groups in total. The van der Waals surface area contributed by atoms with Crippen molar-refractivity contribution < 1.29 is 19.4 Å². The molecule has 1 aliphatic heterocycles. The molecule has 3 aromatic rings. The van der Waals surface area contributed by atoms with Crippen molar-refractivity contribution in [2.24, 2.45) is 7.05 Å². The largest absolute Gasteiger partial charge is 0.493 e. The Bertz CT molecular complexity index is 1160. The Morgan fingerprint density at radius 2 is 1.97 bits per heavy atom. The van der Waals surface area contributed by atoms with Gasteiger partial charge in [0, 0.05) is 23.6 Å². The normalized spacial score (nSPS) is 18.4. The molecule has 1 unspecified atom stereocenters. The number of amides is 1. The fourth-order valence-electron chi connectivity index (χ4n) is 4.30. The van der Waals surface area contributed by atoms with Gasteiger partial charge in [-0.15, -0.1) is 0 Å². The van der Waals surface area contributed by atoms with Gasteiger partial charge in [-0.05, 0) is 49.2 Å². The number of carbonyl (C=O) groups excluding carboxylic acids is 1. The summed E-state index contributed by atoms with van der Waals surface area (Å²) >= 11 is 5.98. The molecule has 0 spiro atoms. The lowest BCUT2D eigenvalue weighted by atomic mass is 9.81. The number of nitrogens with zero attached hydrogens (tertiary/aromatic N) is 2. The number of nitrogens with one attached hydrogen (secondary N) is 2. The van der Waals surface area contributed by atoms with Gasteiger partial charge in [-0.2, -0.15) is 5.10 Å². The molecule has 2 heterocycles. The SMILES string of the molecule is CCOc1ccc([C@H]2c3c(C)nn(C)c3NC(=O)[C@H]2NC(O)c2ccc(Cl)cc2)cc1OC. The third-order valence-corrected chi connectivity index (χ3v) is 6.06. The number of aryl methyl sites for hydroxylation is 2. The summed E-state index contributed by atoms with van der Waals surface area (Å²) in [6.07, 6.45) is -1.08. The summed E-state index contributed by atoms with van der Waals surface area (Å²) in [5, 5.41) is 22.0. The minimum Gasteiger partial charge on any atom is -0.493 e. The van der Waals surface area contributed by atoms with Crippen molar-refractivity contribution in [2.75, 3.05) is 19.0 Å². The third kappa shape index (κ3) is 4.42. The summed E-state index contributed by atoms with van der Waals surface area (Å²) in [6, 6.07) is 11.7. The number of fused-ring (bicyclic) bond motifs is 1. The van der Waals surface area contributed by atoms with Gasteiger partial charge in [-0.1, -0.05) is 29.8 Å². The van der Waals surface area contributed by atoms with E-state index < -0.39 is 18.2 Å². The number of halogens is 1. The molecular weight excluding hydrogens is 444 g/mol. The van der Waals surface area contributed by atoms with Gasteiger partial charge in [-0.25, -0.2) is 0 Å². The van der Waals surface area contributed by atoms with Crippen LogP contribution in [0.25, 0.3) is 0 Å². The van der Waals surface area contributed by atoms with Gasteiger partial charge in [-0.3, -0.25) is 14.8 Å². The Morgan fingerprint density at radius 3 is 2.64 bits per heavy atom. The second-order valence-corrected chi connectivity index (χ2v) is 8.32. The van der Waals surface area contributed by atoms with Crippen LogP contribution >= 0.6 is 11.6 Å². The van der Waals surface area contributed by atoms with Gasteiger partial charge in [0.15, 0.2) is 11.5 Å². The van der Waals surface area contributed by atoms with E-state index in [1.54, 1.807) is 43.1 Å². The predicted molar refractivity (Wildman–Crippen MR) is 126 cm³/mol. The molecule has 0 saturated heterocycles. The third-order valence-electron chi connectivity index (χ3n) is 5.81. The van der Waals surface area contributed by atoms with Crippen molar-refractivity contribution in [3.8, 4) is 11.5 Å². The van der Waals surface area contributed by atoms with E-state index in [2.05, 4.69) is 15.7 Å². The standard InChI is InChI=1S/C24H27ClN4O4/c1-5-33-17-11-8-15(12-18(17)32-4)20-19-13(2)28-29(3)22(19)27-24(31)21(20)26-23(30)14-6-9-16(25)10-7-14/h6-12,20-21,23,26,30H,5H2,1-4H3,(H,27,31)/t20-,21-,23?/m0/s1. The van der Waals surface area contributed by atoms with E-state index in [0.717, 1.165) is 16.8 Å². The molecule has 0 bridgehead atoms.